The van der Waals surface area contributed by atoms with E-state index in [-0.39, 0.29) is 17.4 Å². The Morgan fingerprint density at radius 2 is 2.00 bits per heavy atom. The maximum absolute atomic E-state index is 14.2. The smallest absolute Gasteiger partial charge is 0.266 e. The topological polar surface area (TPSA) is 48.5 Å². The molecule has 5 rings (SSSR count). The molecule has 2 aromatic rings. The molecule has 166 valence electrons. The Bertz CT molecular complexity index is 960. The lowest BCUT2D eigenvalue weighted by molar-refractivity contribution is -0.0108. The van der Waals surface area contributed by atoms with Gasteiger partial charge in [-0.15, -0.1) is 0 Å². The zero-order valence-corrected chi connectivity index (χ0v) is 19.9. The second-order valence-electron chi connectivity index (χ2n) is 9.84. The van der Waals surface area contributed by atoms with Crippen molar-refractivity contribution in [3.05, 3.63) is 46.5 Å². The summed E-state index contributed by atoms with van der Waals surface area (Å²) in [5.74, 6) is 0.192. The number of aromatic nitrogens is 1. The van der Waals surface area contributed by atoms with E-state index in [2.05, 4.69) is 71.3 Å². The Morgan fingerprint density at radius 1 is 1.26 bits per heavy atom. The molecular formula is C25H34N4OS. The highest BCUT2D eigenvalue weighted by molar-refractivity contribution is 7.17. The number of fused-ring (bicyclic) bond motifs is 1. The molecule has 2 aliphatic heterocycles. The highest BCUT2D eigenvalue weighted by Gasteiger charge is 2.62. The summed E-state index contributed by atoms with van der Waals surface area (Å²) in [7, 11) is 2.30. The third-order valence-corrected chi connectivity index (χ3v) is 9.22. The van der Waals surface area contributed by atoms with E-state index in [0.29, 0.717) is 18.1 Å². The lowest BCUT2D eigenvalue weighted by atomic mass is 9.64. The summed E-state index contributed by atoms with van der Waals surface area (Å²) in [4.78, 5) is 24.5. The molecule has 1 aromatic heterocycles. The van der Waals surface area contributed by atoms with Crippen molar-refractivity contribution in [2.75, 3.05) is 18.9 Å². The molecule has 2 bridgehead atoms. The van der Waals surface area contributed by atoms with Gasteiger partial charge in [-0.1, -0.05) is 48.6 Å². The van der Waals surface area contributed by atoms with Crippen LogP contribution in [0.3, 0.4) is 0 Å². The number of rotatable bonds is 5. The highest BCUT2D eigenvalue weighted by Crippen LogP contribution is 2.56. The van der Waals surface area contributed by atoms with Crippen LogP contribution in [0.2, 0.25) is 0 Å². The number of carbonyl (C=O) groups is 1. The Kier molecular flexibility index (Phi) is 5.33. The molecule has 1 N–H and O–H groups in total. The van der Waals surface area contributed by atoms with Gasteiger partial charge in [-0.2, -0.15) is 0 Å². The molecule has 6 heteroatoms. The average molecular weight is 439 g/mol. The van der Waals surface area contributed by atoms with Crippen LogP contribution in [0.5, 0.6) is 0 Å². The van der Waals surface area contributed by atoms with Gasteiger partial charge in [0.15, 0.2) is 5.13 Å². The molecule has 2 saturated heterocycles. The van der Waals surface area contributed by atoms with Crippen LogP contribution >= 0.6 is 11.3 Å². The number of amides is 1. The lowest BCUT2D eigenvalue weighted by Crippen LogP contribution is -2.62. The number of benzene rings is 1. The molecule has 3 fully saturated rings. The van der Waals surface area contributed by atoms with Gasteiger partial charge in [0.25, 0.3) is 5.91 Å². The maximum atomic E-state index is 14.2. The maximum Gasteiger partial charge on any atom is 0.266 e. The minimum Gasteiger partial charge on any atom is -0.362 e. The highest BCUT2D eigenvalue weighted by atomic mass is 32.1. The molecule has 3 heterocycles. The third kappa shape index (κ3) is 3.30. The molecule has 3 aliphatic rings. The fourth-order valence-corrected chi connectivity index (χ4v) is 7.73. The van der Waals surface area contributed by atoms with Crippen LogP contribution in [-0.2, 0) is 6.42 Å². The summed E-state index contributed by atoms with van der Waals surface area (Å²) in [5.41, 5.74) is 2.36. The molecule has 1 amide bonds. The van der Waals surface area contributed by atoms with Crippen molar-refractivity contribution in [3.63, 3.8) is 0 Å². The Hall–Kier alpha value is -1.92. The van der Waals surface area contributed by atoms with E-state index in [1.807, 2.05) is 6.92 Å². The molecule has 1 aliphatic carbocycles. The second kappa shape index (κ2) is 7.89. The first-order valence-corrected chi connectivity index (χ1v) is 12.6. The summed E-state index contributed by atoms with van der Waals surface area (Å²) in [6.45, 7) is 7.30. The SMILES string of the molecule is CCNc1nc(C)c(C(=O)N2[C@@H](Cc3ccccc3)[C@@H]3C[C@@]4(C)[C@H](CCC[C@@H]24)N3C)s1. The molecule has 0 unspecified atom stereocenters. The number of hydrogen-bond acceptors (Lipinski definition) is 5. The number of likely N-dealkylation sites (N-methyl/N-ethyl adjacent to an activating group) is 1. The van der Waals surface area contributed by atoms with Gasteiger partial charge in [0.2, 0.25) is 0 Å². The van der Waals surface area contributed by atoms with Crippen LogP contribution in [0.25, 0.3) is 0 Å². The first-order valence-electron chi connectivity index (χ1n) is 11.7. The van der Waals surface area contributed by atoms with E-state index >= 15 is 0 Å². The molecule has 5 nitrogen and oxygen atoms in total. The Balaban J connectivity index is 1.57. The molecule has 1 saturated carbocycles. The summed E-state index contributed by atoms with van der Waals surface area (Å²) >= 11 is 1.52. The van der Waals surface area contributed by atoms with Gasteiger partial charge < -0.3 is 10.2 Å². The van der Waals surface area contributed by atoms with Crippen molar-refractivity contribution in [2.45, 2.75) is 77.0 Å². The van der Waals surface area contributed by atoms with Crippen molar-refractivity contribution in [1.82, 2.24) is 14.8 Å². The van der Waals surface area contributed by atoms with E-state index < -0.39 is 0 Å². The first kappa shape index (κ1) is 21.0. The van der Waals surface area contributed by atoms with Crippen LogP contribution in [0, 0.1) is 12.3 Å². The van der Waals surface area contributed by atoms with Crippen molar-refractivity contribution >= 4 is 22.4 Å². The van der Waals surface area contributed by atoms with E-state index in [1.165, 1.54) is 36.2 Å². The van der Waals surface area contributed by atoms with Crippen LogP contribution in [0.4, 0.5) is 5.13 Å². The minimum atomic E-state index is 0.184. The van der Waals surface area contributed by atoms with Crippen molar-refractivity contribution in [1.29, 1.82) is 0 Å². The lowest BCUT2D eigenvalue weighted by Gasteiger charge is -2.53. The van der Waals surface area contributed by atoms with Gasteiger partial charge in [-0.3, -0.25) is 9.69 Å². The van der Waals surface area contributed by atoms with Crippen LogP contribution in [0.1, 0.15) is 60.5 Å². The normalized spacial score (nSPS) is 32.3. The monoisotopic (exact) mass is 438 g/mol. The fourth-order valence-electron chi connectivity index (χ4n) is 6.75. The van der Waals surface area contributed by atoms with Gasteiger partial charge in [-0.25, -0.2) is 4.98 Å². The largest absolute Gasteiger partial charge is 0.362 e. The van der Waals surface area contributed by atoms with Crippen LogP contribution < -0.4 is 5.32 Å². The van der Waals surface area contributed by atoms with E-state index in [9.17, 15) is 4.79 Å². The number of anilines is 1. The van der Waals surface area contributed by atoms with Gasteiger partial charge >= 0.3 is 0 Å². The second-order valence-corrected chi connectivity index (χ2v) is 10.8. The zero-order valence-electron chi connectivity index (χ0n) is 19.1. The van der Waals surface area contributed by atoms with Crippen LogP contribution in [-0.4, -0.2) is 58.5 Å². The molecule has 5 atom stereocenters. The first-order chi connectivity index (χ1) is 14.9. The molecule has 0 radical (unpaired) electrons. The van der Waals surface area contributed by atoms with Crippen molar-refractivity contribution in [2.24, 2.45) is 5.41 Å². The number of carbonyl (C=O) groups excluding carboxylic acids is 1. The van der Waals surface area contributed by atoms with Crippen LogP contribution in [0.15, 0.2) is 30.3 Å². The third-order valence-electron chi connectivity index (χ3n) is 8.12. The summed E-state index contributed by atoms with van der Waals surface area (Å²) in [6, 6.07) is 12.2. The van der Waals surface area contributed by atoms with Crippen molar-refractivity contribution < 1.29 is 4.79 Å². The summed E-state index contributed by atoms with van der Waals surface area (Å²) in [6.07, 6.45) is 5.68. The van der Waals surface area contributed by atoms with Gasteiger partial charge in [0.05, 0.1) is 11.7 Å². The van der Waals surface area contributed by atoms with Gasteiger partial charge in [0.1, 0.15) is 4.88 Å². The number of piperidine rings is 1. The summed E-state index contributed by atoms with van der Waals surface area (Å²) < 4.78 is 0. The molecular weight excluding hydrogens is 404 g/mol. The van der Waals surface area contributed by atoms with Crippen molar-refractivity contribution in [3.8, 4) is 0 Å². The number of hydrogen-bond donors (Lipinski definition) is 1. The quantitative estimate of drug-likeness (QED) is 0.742. The minimum absolute atomic E-state index is 0.184. The Morgan fingerprint density at radius 3 is 2.74 bits per heavy atom. The summed E-state index contributed by atoms with van der Waals surface area (Å²) in [5, 5.41) is 4.15. The van der Waals surface area contributed by atoms with E-state index in [4.69, 9.17) is 0 Å². The predicted octanol–water partition coefficient (Wildman–Crippen LogP) is 4.58. The molecule has 0 spiro atoms. The number of nitrogens with one attached hydrogen (secondary N) is 1. The van der Waals surface area contributed by atoms with E-state index in [0.717, 1.165) is 35.1 Å². The predicted molar refractivity (Wildman–Crippen MR) is 127 cm³/mol. The zero-order chi connectivity index (χ0) is 21.8. The number of likely N-dealkylation sites (tertiary alicyclic amines) is 2. The Labute approximate surface area is 189 Å². The number of thiazole rings is 1. The average Bonchev–Trinajstić information content (AvgIpc) is 3.25. The van der Waals surface area contributed by atoms with Gasteiger partial charge in [0, 0.05) is 30.1 Å². The fraction of sp³-hybridized carbons (Fsp3) is 0.600. The number of nitrogens with zero attached hydrogens (tertiary/aromatic N) is 3. The molecule has 31 heavy (non-hydrogen) atoms. The van der Waals surface area contributed by atoms with E-state index in [1.54, 1.807) is 0 Å². The number of aryl methyl sites for hydroxylation is 1. The standard InChI is InChI=1S/C25H34N4OS/c1-5-26-24-27-16(2)22(31-24)23(30)29-18(14-17-10-7-6-8-11-17)19-15-25(3)20(28(19)4)12-9-13-21(25)29/h6-8,10-11,18-21H,5,9,12-15H2,1-4H3,(H,26,27)/t18-,19-,20-,21+,25-/m0/s1. The van der Waals surface area contributed by atoms with Gasteiger partial charge in [-0.05, 0) is 58.6 Å². The molecule has 1 aromatic carbocycles.